The summed E-state index contributed by atoms with van der Waals surface area (Å²) in [4.78, 5) is 5.72. The first-order chi connectivity index (χ1) is 9.45. The normalized spacial score (nSPS) is 11.3. The van der Waals surface area contributed by atoms with Gasteiger partial charge < -0.3 is 4.74 Å². The second-order valence-corrected chi connectivity index (χ2v) is 7.20. The van der Waals surface area contributed by atoms with Crippen LogP contribution < -0.4 is 4.74 Å². The van der Waals surface area contributed by atoms with Crippen molar-refractivity contribution >= 4 is 22.9 Å². The molecule has 20 heavy (non-hydrogen) atoms. The summed E-state index contributed by atoms with van der Waals surface area (Å²) >= 11 is 7.67. The van der Waals surface area contributed by atoms with Crippen LogP contribution >= 0.6 is 22.9 Å². The molecule has 0 aliphatic carbocycles. The minimum atomic E-state index is 0.166. The van der Waals surface area contributed by atoms with Gasteiger partial charge in [-0.15, -0.1) is 11.3 Å². The zero-order valence-corrected chi connectivity index (χ0v) is 13.9. The molecule has 1 aromatic heterocycles. The summed E-state index contributed by atoms with van der Waals surface area (Å²) in [5.41, 5.74) is 2.06. The topological polar surface area (TPSA) is 22.1 Å². The van der Waals surface area contributed by atoms with Gasteiger partial charge in [-0.2, -0.15) is 0 Å². The van der Waals surface area contributed by atoms with Crippen molar-refractivity contribution in [2.45, 2.75) is 40.2 Å². The van der Waals surface area contributed by atoms with Crippen LogP contribution in [0.2, 0.25) is 4.47 Å². The average molecular weight is 310 g/mol. The zero-order valence-electron chi connectivity index (χ0n) is 12.3. The number of halogens is 1. The van der Waals surface area contributed by atoms with Crippen LogP contribution in [0.5, 0.6) is 5.75 Å². The van der Waals surface area contributed by atoms with Crippen molar-refractivity contribution in [3.8, 4) is 17.0 Å². The fourth-order valence-corrected chi connectivity index (χ4v) is 3.43. The van der Waals surface area contributed by atoms with Crippen LogP contribution in [-0.4, -0.2) is 11.1 Å². The van der Waals surface area contributed by atoms with Gasteiger partial charge in [0.05, 0.1) is 11.8 Å². The van der Waals surface area contributed by atoms with E-state index in [0.717, 1.165) is 23.4 Å². The van der Waals surface area contributed by atoms with Crippen molar-refractivity contribution in [3.05, 3.63) is 33.6 Å². The van der Waals surface area contributed by atoms with Gasteiger partial charge in [-0.1, -0.05) is 37.6 Å². The Kier molecular flexibility index (Phi) is 5.06. The van der Waals surface area contributed by atoms with E-state index in [9.17, 15) is 0 Å². The molecule has 0 saturated heterocycles. The van der Waals surface area contributed by atoms with Crippen LogP contribution in [0.1, 0.15) is 32.6 Å². The SMILES string of the molecule is CC(C)Cc1sc(Cl)nc1-c1cccc(OC(C)C)c1. The third kappa shape index (κ3) is 3.97. The highest BCUT2D eigenvalue weighted by atomic mass is 35.5. The maximum atomic E-state index is 6.10. The number of thiazole rings is 1. The highest BCUT2D eigenvalue weighted by Gasteiger charge is 2.14. The van der Waals surface area contributed by atoms with Gasteiger partial charge in [-0.25, -0.2) is 4.98 Å². The Hall–Kier alpha value is -1.06. The first kappa shape index (κ1) is 15.3. The smallest absolute Gasteiger partial charge is 0.184 e. The van der Waals surface area contributed by atoms with E-state index in [2.05, 4.69) is 24.9 Å². The summed E-state index contributed by atoms with van der Waals surface area (Å²) in [7, 11) is 0. The van der Waals surface area contributed by atoms with Crippen molar-refractivity contribution in [1.82, 2.24) is 4.98 Å². The molecule has 2 rings (SSSR count). The van der Waals surface area contributed by atoms with E-state index in [1.807, 2.05) is 32.0 Å². The fourth-order valence-electron chi connectivity index (χ4n) is 2.05. The predicted octanol–water partition coefficient (Wildman–Crippen LogP) is 5.45. The second kappa shape index (κ2) is 6.59. The summed E-state index contributed by atoms with van der Waals surface area (Å²) in [5.74, 6) is 1.46. The quantitative estimate of drug-likeness (QED) is 0.732. The molecule has 0 bridgehead atoms. The van der Waals surface area contributed by atoms with Gasteiger partial charge in [0.25, 0.3) is 0 Å². The lowest BCUT2D eigenvalue weighted by atomic mass is 10.0. The number of nitrogens with zero attached hydrogens (tertiary/aromatic N) is 1. The Morgan fingerprint density at radius 2 is 2.00 bits per heavy atom. The molecule has 0 amide bonds. The number of aromatic nitrogens is 1. The Balaban J connectivity index is 2.35. The van der Waals surface area contributed by atoms with Crippen LogP contribution in [0.3, 0.4) is 0 Å². The molecule has 4 heteroatoms. The molecule has 0 fully saturated rings. The van der Waals surface area contributed by atoms with Crippen LogP contribution in [-0.2, 0) is 6.42 Å². The molecule has 0 saturated carbocycles. The molecule has 108 valence electrons. The van der Waals surface area contributed by atoms with Crippen LogP contribution in [0.4, 0.5) is 0 Å². The Morgan fingerprint density at radius 1 is 1.25 bits per heavy atom. The largest absolute Gasteiger partial charge is 0.491 e. The molecule has 0 spiro atoms. The van der Waals surface area contributed by atoms with Crippen LogP contribution in [0.15, 0.2) is 24.3 Å². The first-order valence-corrected chi connectivity index (χ1v) is 8.07. The lowest BCUT2D eigenvalue weighted by Crippen LogP contribution is -2.05. The standard InChI is InChI=1S/C16H20ClNOS/c1-10(2)8-14-15(18-16(17)20-14)12-6-5-7-13(9-12)19-11(3)4/h5-7,9-11H,8H2,1-4H3. The minimum absolute atomic E-state index is 0.166. The molecular formula is C16H20ClNOS. The number of hydrogen-bond donors (Lipinski definition) is 0. The highest BCUT2D eigenvalue weighted by Crippen LogP contribution is 2.34. The Morgan fingerprint density at radius 3 is 2.65 bits per heavy atom. The maximum absolute atomic E-state index is 6.10. The molecule has 1 heterocycles. The van der Waals surface area contributed by atoms with Gasteiger partial charge in [0.15, 0.2) is 4.47 Å². The fraction of sp³-hybridized carbons (Fsp3) is 0.438. The van der Waals surface area contributed by atoms with Gasteiger partial charge in [-0.3, -0.25) is 0 Å². The monoisotopic (exact) mass is 309 g/mol. The minimum Gasteiger partial charge on any atom is -0.491 e. The van der Waals surface area contributed by atoms with E-state index in [1.165, 1.54) is 4.88 Å². The van der Waals surface area contributed by atoms with E-state index < -0.39 is 0 Å². The summed E-state index contributed by atoms with van der Waals surface area (Å²) < 4.78 is 6.35. The number of rotatable bonds is 5. The van der Waals surface area contributed by atoms with E-state index in [1.54, 1.807) is 11.3 Å². The van der Waals surface area contributed by atoms with E-state index in [4.69, 9.17) is 16.3 Å². The number of hydrogen-bond acceptors (Lipinski definition) is 3. The van der Waals surface area contributed by atoms with Gasteiger partial charge in [-0.05, 0) is 38.3 Å². The summed E-state index contributed by atoms with van der Waals surface area (Å²) in [6.07, 6.45) is 1.16. The lowest BCUT2D eigenvalue weighted by molar-refractivity contribution is 0.242. The molecule has 0 aliphatic heterocycles. The van der Waals surface area contributed by atoms with Gasteiger partial charge in [0.1, 0.15) is 5.75 Å². The molecule has 2 nitrogen and oxygen atoms in total. The van der Waals surface area contributed by atoms with Crippen molar-refractivity contribution in [3.63, 3.8) is 0 Å². The Bertz CT molecular complexity index is 578. The third-order valence-corrected chi connectivity index (χ3v) is 3.93. The maximum Gasteiger partial charge on any atom is 0.184 e. The number of ether oxygens (including phenoxy) is 1. The molecular weight excluding hydrogens is 290 g/mol. The van der Waals surface area contributed by atoms with Gasteiger partial charge in [0.2, 0.25) is 0 Å². The van der Waals surface area contributed by atoms with E-state index in [-0.39, 0.29) is 6.10 Å². The summed E-state index contributed by atoms with van der Waals surface area (Å²) in [6, 6.07) is 8.07. The van der Waals surface area contributed by atoms with Gasteiger partial charge in [0, 0.05) is 10.4 Å². The summed E-state index contributed by atoms with van der Waals surface area (Å²) in [5, 5.41) is 0. The number of benzene rings is 1. The third-order valence-electron chi connectivity index (χ3n) is 2.74. The second-order valence-electron chi connectivity index (χ2n) is 5.53. The van der Waals surface area contributed by atoms with Crippen molar-refractivity contribution in [2.24, 2.45) is 5.92 Å². The average Bonchev–Trinajstić information content (AvgIpc) is 2.68. The van der Waals surface area contributed by atoms with Gasteiger partial charge >= 0.3 is 0 Å². The molecule has 0 unspecified atom stereocenters. The van der Waals surface area contributed by atoms with Crippen molar-refractivity contribution in [1.29, 1.82) is 0 Å². The zero-order chi connectivity index (χ0) is 14.7. The first-order valence-electron chi connectivity index (χ1n) is 6.88. The van der Waals surface area contributed by atoms with Crippen LogP contribution in [0.25, 0.3) is 11.3 Å². The van der Waals surface area contributed by atoms with Crippen LogP contribution in [0, 0.1) is 5.92 Å². The van der Waals surface area contributed by atoms with Crippen molar-refractivity contribution < 1.29 is 4.74 Å². The Labute approximate surface area is 129 Å². The predicted molar refractivity (Wildman–Crippen MR) is 86.9 cm³/mol. The molecule has 0 N–H and O–H groups in total. The van der Waals surface area contributed by atoms with Crippen molar-refractivity contribution in [2.75, 3.05) is 0 Å². The van der Waals surface area contributed by atoms with E-state index >= 15 is 0 Å². The molecule has 0 atom stereocenters. The molecule has 1 aromatic carbocycles. The lowest BCUT2D eigenvalue weighted by Gasteiger charge is -2.11. The molecule has 2 aromatic rings. The highest BCUT2D eigenvalue weighted by molar-refractivity contribution is 7.16. The molecule has 0 radical (unpaired) electrons. The van der Waals surface area contributed by atoms with E-state index in [0.29, 0.717) is 10.4 Å². The summed E-state index contributed by atoms with van der Waals surface area (Å²) in [6.45, 7) is 8.46. The molecule has 0 aliphatic rings.